The molecule has 1 heterocycles. The van der Waals surface area contributed by atoms with Gasteiger partial charge in [-0.2, -0.15) is 0 Å². The summed E-state index contributed by atoms with van der Waals surface area (Å²) in [6.07, 6.45) is 0. The van der Waals surface area contributed by atoms with Gasteiger partial charge in [-0.05, 0) is 26.0 Å². The summed E-state index contributed by atoms with van der Waals surface area (Å²) in [7, 11) is 1.63. The molecule has 2 aromatic rings. The first kappa shape index (κ1) is 14.3. The fourth-order valence-electron chi connectivity index (χ4n) is 1.64. The third-order valence-corrected chi connectivity index (χ3v) is 3.27. The molecule has 2 amide bonds. The first-order valence-corrected chi connectivity index (χ1v) is 7.14. The Bertz CT molecular complexity index is 596. The van der Waals surface area contributed by atoms with E-state index in [4.69, 9.17) is 4.74 Å². The molecule has 0 spiro atoms. The van der Waals surface area contributed by atoms with E-state index in [1.165, 1.54) is 11.3 Å². The molecule has 1 aromatic carbocycles. The van der Waals surface area contributed by atoms with Crippen molar-refractivity contribution in [2.45, 2.75) is 19.9 Å². The van der Waals surface area contributed by atoms with E-state index < -0.39 is 0 Å². The maximum Gasteiger partial charge on any atom is 0.321 e. The summed E-state index contributed by atoms with van der Waals surface area (Å²) < 4.78 is 5.19. The lowest BCUT2D eigenvalue weighted by Crippen LogP contribution is -2.34. The molecule has 2 rings (SSSR count). The zero-order valence-corrected chi connectivity index (χ0v) is 12.5. The number of ether oxygens (including phenoxy) is 1. The Morgan fingerprint density at radius 1 is 1.40 bits per heavy atom. The average Bonchev–Trinajstić information content (AvgIpc) is 2.86. The topological polar surface area (TPSA) is 63.2 Å². The summed E-state index contributed by atoms with van der Waals surface area (Å²) in [4.78, 5) is 16.0. The van der Waals surface area contributed by atoms with E-state index in [0.717, 1.165) is 17.0 Å². The number of nitrogens with one attached hydrogen (secondary N) is 2. The van der Waals surface area contributed by atoms with Crippen LogP contribution >= 0.6 is 11.3 Å². The molecule has 106 valence electrons. The molecule has 1 aromatic heterocycles. The lowest BCUT2D eigenvalue weighted by atomic mass is 10.2. The van der Waals surface area contributed by atoms with Crippen LogP contribution in [0.3, 0.4) is 0 Å². The van der Waals surface area contributed by atoms with Crippen molar-refractivity contribution in [3.63, 3.8) is 0 Å². The van der Waals surface area contributed by atoms with Crippen LogP contribution in [0.25, 0.3) is 11.3 Å². The van der Waals surface area contributed by atoms with E-state index in [-0.39, 0.29) is 12.1 Å². The summed E-state index contributed by atoms with van der Waals surface area (Å²) >= 11 is 1.39. The quantitative estimate of drug-likeness (QED) is 0.908. The highest BCUT2D eigenvalue weighted by Gasteiger charge is 2.09. The van der Waals surface area contributed by atoms with E-state index in [2.05, 4.69) is 15.6 Å². The first-order chi connectivity index (χ1) is 9.58. The van der Waals surface area contributed by atoms with Gasteiger partial charge in [-0.25, -0.2) is 9.78 Å². The van der Waals surface area contributed by atoms with Gasteiger partial charge in [0.2, 0.25) is 0 Å². The van der Waals surface area contributed by atoms with Crippen LogP contribution in [0.1, 0.15) is 13.8 Å². The Morgan fingerprint density at radius 3 is 2.90 bits per heavy atom. The van der Waals surface area contributed by atoms with Crippen molar-refractivity contribution in [2.24, 2.45) is 0 Å². The number of thiazole rings is 1. The molecule has 6 heteroatoms. The van der Waals surface area contributed by atoms with Crippen LogP contribution in [-0.2, 0) is 0 Å². The van der Waals surface area contributed by atoms with Crippen molar-refractivity contribution in [3.8, 4) is 17.0 Å². The van der Waals surface area contributed by atoms with Crippen LogP contribution in [0.4, 0.5) is 9.93 Å². The highest BCUT2D eigenvalue weighted by atomic mass is 32.1. The Balaban J connectivity index is 2.10. The van der Waals surface area contributed by atoms with Gasteiger partial charge in [-0.15, -0.1) is 11.3 Å². The Morgan fingerprint density at radius 2 is 2.20 bits per heavy atom. The van der Waals surface area contributed by atoms with Crippen LogP contribution < -0.4 is 15.4 Å². The molecule has 0 fully saturated rings. The SMILES string of the molecule is COc1cccc(-c2csc(NC(=O)NC(C)C)n2)c1. The third-order valence-electron chi connectivity index (χ3n) is 2.51. The van der Waals surface area contributed by atoms with Crippen LogP contribution in [-0.4, -0.2) is 24.2 Å². The van der Waals surface area contributed by atoms with E-state index in [9.17, 15) is 4.79 Å². The van der Waals surface area contributed by atoms with Crippen LogP contribution in [0.5, 0.6) is 5.75 Å². The Labute approximate surface area is 122 Å². The van der Waals surface area contributed by atoms with Gasteiger partial charge in [-0.3, -0.25) is 5.32 Å². The summed E-state index contributed by atoms with van der Waals surface area (Å²) in [5.74, 6) is 0.780. The predicted molar refractivity (Wildman–Crippen MR) is 81.4 cm³/mol. The lowest BCUT2D eigenvalue weighted by Gasteiger charge is -2.07. The van der Waals surface area contributed by atoms with Gasteiger partial charge in [0.1, 0.15) is 5.75 Å². The van der Waals surface area contributed by atoms with Gasteiger partial charge in [0.05, 0.1) is 12.8 Å². The molecular formula is C14H17N3O2S. The summed E-state index contributed by atoms with van der Waals surface area (Å²) in [5.41, 5.74) is 1.77. The highest BCUT2D eigenvalue weighted by Crippen LogP contribution is 2.27. The molecule has 0 aliphatic rings. The fourth-order valence-corrected chi connectivity index (χ4v) is 2.36. The molecule has 0 saturated carbocycles. The number of carbonyl (C=O) groups excluding carboxylic acids is 1. The second-order valence-corrected chi connectivity index (χ2v) is 5.38. The second-order valence-electron chi connectivity index (χ2n) is 4.52. The van der Waals surface area contributed by atoms with Gasteiger partial charge in [-0.1, -0.05) is 12.1 Å². The highest BCUT2D eigenvalue weighted by molar-refractivity contribution is 7.14. The summed E-state index contributed by atoms with van der Waals surface area (Å²) in [6.45, 7) is 3.81. The van der Waals surface area contributed by atoms with Crippen molar-refractivity contribution < 1.29 is 9.53 Å². The van der Waals surface area contributed by atoms with Crippen molar-refractivity contribution in [3.05, 3.63) is 29.6 Å². The molecule has 0 saturated heterocycles. The van der Waals surface area contributed by atoms with Crippen LogP contribution in [0, 0.1) is 0 Å². The number of carbonyl (C=O) groups is 1. The molecule has 2 N–H and O–H groups in total. The predicted octanol–water partition coefficient (Wildman–Crippen LogP) is 3.35. The Hall–Kier alpha value is -2.08. The number of hydrogen-bond acceptors (Lipinski definition) is 4. The smallest absolute Gasteiger partial charge is 0.321 e. The zero-order valence-electron chi connectivity index (χ0n) is 11.6. The molecule has 0 aliphatic carbocycles. The molecule has 0 unspecified atom stereocenters. The molecule has 20 heavy (non-hydrogen) atoms. The number of methoxy groups -OCH3 is 1. The number of amides is 2. The van der Waals surface area contributed by atoms with Crippen molar-refractivity contribution in [1.29, 1.82) is 0 Å². The largest absolute Gasteiger partial charge is 0.497 e. The number of rotatable bonds is 4. The van der Waals surface area contributed by atoms with Crippen LogP contribution in [0.15, 0.2) is 29.6 Å². The third kappa shape index (κ3) is 3.71. The van der Waals surface area contributed by atoms with Gasteiger partial charge >= 0.3 is 6.03 Å². The van der Waals surface area contributed by atoms with Crippen molar-refractivity contribution >= 4 is 22.5 Å². The minimum atomic E-state index is -0.244. The molecule has 0 bridgehead atoms. The number of nitrogens with zero attached hydrogens (tertiary/aromatic N) is 1. The fraction of sp³-hybridized carbons (Fsp3) is 0.286. The van der Waals surface area contributed by atoms with Crippen LogP contribution in [0.2, 0.25) is 0 Å². The maximum absolute atomic E-state index is 11.6. The average molecular weight is 291 g/mol. The lowest BCUT2D eigenvalue weighted by molar-refractivity contribution is 0.250. The first-order valence-electron chi connectivity index (χ1n) is 6.26. The van der Waals surface area contributed by atoms with Gasteiger partial charge in [0, 0.05) is 17.0 Å². The Kier molecular flexibility index (Phi) is 4.57. The zero-order chi connectivity index (χ0) is 14.5. The van der Waals surface area contributed by atoms with E-state index in [1.54, 1.807) is 7.11 Å². The summed E-state index contributed by atoms with van der Waals surface area (Å²) in [6, 6.07) is 7.50. The van der Waals surface area contributed by atoms with Crippen molar-refractivity contribution in [1.82, 2.24) is 10.3 Å². The number of aromatic nitrogens is 1. The van der Waals surface area contributed by atoms with E-state index in [1.807, 2.05) is 43.5 Å². The minimum Gasteiger partial charge on any atom is -0.497 e. The normalized spacial score (nSPS) is 10.4. The molecule has 0 aliphatic heterocycles. The number of benzene rings is 1. The van der Waals surface area contributed by atoms with E-state index in [0.29, 0.717) is 5.13 Å². The minimum absolute atomic E-state index is 0.0906. The number of hydrogen-bond donors (Lipinski definition) is 2. The maximum atomic E-state index is 11.6. The van der Waals surface area contributed by atoms with Gasteiger partial charge < -0.3 is 10.1 Å². The standard InChI is InChI=1S/C14H17N3O2S/c1-9(2)15-13(18)17-14-16-12(8-20-14)10-5-4-6-11(7-10)19-3/h4-9H,1-3H3,(H2,15,16,17,18). The number of anilines is 1. The molecule has 0 radical (unpaired) electrons. The van der Waals surface area contributed by atoms with Gasteiger partial charge in [0.25, 0.3) is 0 Å². The number of urea groups is 1. The molecule has 5 nitrogen and oxygen atoms in total. The van der Waals surface area contributed by atoms with E-state index >= 15 is 0 Å². The summed E-state index contributed by atoms with van der Waals surface area (Å²) in [5, 5.41) is 7.95. The van der Waals surface area contributed by atoms with Gasteiger partial charge in [0.15, 0.2) is 5.13 Å². The van der Waals surface area contributed by atoms with Crippen molar-refractivity contribution in [2.75, 3.05) is 12.4 Å². The molecule has 0 atom stereocenters. The molecular weight excluding hydrogens is 274 g/mol. The monoisotopic (exact) mass is 291 g/mol. The second kappa shape index (κ2) is 6.38.